The van der Waals surface area contributed by atoms with E-state index < -0.39 is 0 Å². The Morgan fingerprint density at radius 2 is 2.00 bits per heavy atom. The molecule has 1 aromatic rings. The first-order valence-electron chi connectivity index (χ1n) is 6.84. The minimum absolute atomic E-state index is 0.123. The molecule has 0 saturated heterocycles. The molecule has 1 N–H and O–H groups in total. The second-order valence-corrected chi connectivity index (χ2v) is 5.41. The van der Waals surface area contributed by atoms with Crippen LogP contribution in [0.5, 0.6) is 5.75 Å². The van der Waals surface area contributed by atoms with Gasteiger partial charge in [0.1, 0.15) is 12.4 Å². The van der Waals surface area contributed by atoms with Crippen molar-refractivity contribution in [1.29, 1.82) is 0 Å². The first-order chi connectivity index (χ1) is 9.49. The number of ether oxygens (including phenoxy) is 1. The first kappa shape index (κ1) is 16.8. The van der Waals surface area contributed by atoms with Gasteiger partial charge in [0.25, 0.3) is 0 Å². The van der Waals surface area contributed by atoms with Gasteiger partial charge in [-0.05, 0) is 24.3 Å². The van der Waals surface area contributed by atoms with Gasteiger partial charge in [0.05, 0.1) is 6.54 Å². The van der Waals surface area contributed by atoms with Gasteiger partial charge in [-0.1, -0.05) is 25.4 Å². The molecule has 0 bridgehead atoms. The average Bonchev–Trinajstić information content (AvgIpc) is 2.40. The highest BCUT2D eigenvalue weighted by Gasteiger charge is 2.08. The Balaban J connectivity index is 2.20. The molecule has 112 valence electrons. The minimum Gasteiger partial charge on any atom is -0.492 e. The topological polar surface area (TPSA) is 41.6 Å². The summed E-state index contributed by atoms with van der Waals surface area (Å²) in [5, 5.41) is 3.91. The molecule has 0 fully saturated rings. The lowest BCUT2D eigenvalue weighted by molar-refractivity contribution is -0.130. The standard InChI is InChI=1S/C15H23ClN2O2/c1-12(2)17-9-8-15(19)18(3)10-11-20-14-6-4-13(16)5-7-14/h4-7,12,17H,8-11H2,1-3H3. The maximum absolute atomic E-state index is 11.8. The van der Waals surface area contributed by atoms with E-state index in [1.165, 1.54) is 0 Å². The highest BCUT2D eigenvalue weighted by Crippen LogP contribution is 2.15. The third kappa shape index (κ3) is 6.78. The van der Waals surface area contributed by atoms with Crippen molar-refractivity contribution in [2.24, 2.45) is 0 Å². The summed E-state index contributed by atoms with van der Waals surface area (Å²) in [7, 11) is 1.79. The van der Waals surface area contributed by atoms with Crippen molar-refractivity contribution >= 4 is 17.5 Å². The van der Waals surface area contributed by atoms with Crippen LogP contribution in [0.3, 0.4) is 0 Å². The third-order valence-corrected chi connectivity index (χ3v) is 3.08. The average molecular weight is 299 g/mol. The maximum atomic E-state index is 11.8. The smallest absolute Gasteiger partial charge is 0.223 e. The number of nitrogens with zero attached hydrogens (tertiary/aromatic N) is 1. The summed E-state index contributed by atoms with van der Waals surface area (Å²) in [5.74, 6) is 0.884. The summed E-state index contributed by atoms with van der Waals surface area (Å²) in [6, 6.07) is 7.60. The van der Waals surface area contributed by atoms with E-state index in [2.05, 4.69) is 19.2 Å². The van der Waals surface area contributed by atoms with Crippen LogP contribution in [0.4, 0.5) is 0 Å². The molecular weight excluding hydrogens is 276 g/mol. The van der Waals surface area contributed by atoms with Crippen molar-refractivity contribution in [2.75, 3.05) is 26.7 Å². The second kappa shape index (κ2) is 8.82. The largest absolute Gasteiger partial charge is 0.492 e. The van der Waals surface area contributed by atoms with Gasteiger partial charge in [-0.2, -0.15) is 0 Å². The Morgan fingerprint density at radius 1 is 1.35 bits per heavy atom. The molecule has 0 spiro atoms. The van der Waals surface area contributed by atoms with Crippen LogP contribution in [-0.2, 0) is 4.79 Å². The van der Waals surface area contributed by atoms with E-state index in [1.54, 1.807) is 24.1 Å². The molecule has 0 heterocycles. The molecule has 0 aromatic heterocycles. The van der Waals surface area contributed by atoms with Crippen molar-refractivity contribution in [3.8, 4) is 5.75 Å². The zero-order valence-corrected chi connectivity index (χ0v) is 13.1. The number of nitrogens with one attached hydrogen (secondary N) is 1. The maximum Gasteiger partial charge on any atom is 0.223 e. The molecule has 0 aliphatic heterocycles. The van der Waals surface area contributed by atoms with E-state index in [0.717, 1.165) is 5.75 Å². The van der Waals surface area contributed by atoms with Crippen LogP contribution in [-0.4, -0.2) is 43.6 Å². The summed E-state index contributed by atoms with van der Waals surface area (Å²) in [4.78, 5) is 13.5. The lowest BCUT2D eigenvalue weighted by atomic mass is 10.3. The fourth-order valence-electron chi connectivity index (χ4n) is 1.61. The zero-order valence-electron chi connectivity index (χ0n) is 12.4. The molecule has 20 heavy (non-hydrogen) atoms. The molecular formula is C15H23ClN2O2. The van der Waals surface area contributed by atoms with E-state index in [-0.39, 0.29) is 5.91 Å². The highest BCUT2D eigenvalue weighted by atomic mass is 35.5. The first-order valence-corrected chi connectivity index (χ1v) is 7.22. The number of hydrogen-bond acceptors (Lipinski definition) is 3. The number of likely N-dealkylation sites (N-methyl/N-ethyl adjacent to an activating group) is 1. The molecule has 1 amide bonds. The number of benzene rings is 1. The predicted octanol–water partition coefficient (Wildman–Crippen LogP) is 2.57. The number of carbonyl (C=O) groups excluding carboxylic acids is 1. The van der Waals surface area contributed by atoms with Crippen molar-refractivity contribution in [1.82, 2.24) is 10.2 Å². The monoisotopic (exact) mass is 298 g/mol. The van der Waals surface area contributed by atoms with Crippen LogP contribution in [0, 0.1) is 0 Å². The predicted molar refractivity (Wildman–Crippen MR) is 82.3 cm³/mol. The Hall–Kier alpha value is -1.26. The summed E-state index contributed by atoms with van der Waals surface area (Å²) in [6.45, 7) is 5.88. The Morgan fingerprint density at radius 3 is 2.60 bits per heavy atom. The molecule has 0 atom stereocenters. The molecule has 0 aliphatic rings. The third-order valence-electron chi connectivity index (χ3n) is 2.83. The molecule has 0 aliphatic carbocycles. The van der Waals surface area contributed by atoms with Crippen molar-refractivity contribution in [3.63, 3.8) is 0 Å². The zero-order chi connectivity index (χ0) is 15.0. The highest BCUT2D eigenvalue weighted by molar-refractivity contribution is 6.30. The fraction of sp³-hybridized carbons (Fsp3) is 0.533. The van der Waals surface area contributed by atoms with Crippen molar-refractivity contribution in [3.05, 3.63) is 29.3 Å². The summed E-state index contributed by atoms with van der Waals surface area (Å²) in [6.07, 6.45) is 0.510. The Labute approximate surface area is 126 Å². The Bertz CT molecular complexity index is 407. The van der Waals surface area contributed by atoms with Gasteiger partial charge in [-0.3, -0.25) is 4.79 Å². The Kier molecular flexibility index (Phi) is 7.41. The normalized spacial score (nSPS) is 10.7. The molecule has 5 heteroatoms. The number of amides is 1. The minimum atomic E-state index is 0.123. The summed E-state index contributed by atoms with van der Waals surface area (Å²) < 4.78 is 5.56. The van der Waals surface area contributed by atoms with Gasteiger partial charge in [-0.25, -0.2) is 0 Å². The number of carbonyl (C=O) groups is 1. The van der Waals surface area contributed by atoms with Crippen molar-refractivity contribution in [2.45, 2.75) is 26.3 Å². The molecule has 0 saturated carbocycles. The summed E-state index contributed by atoms with van der Waals surface area (Å²) in [5.41, 5.74) is 0. The van der Waals surface area contributed by atoms with E-state index in [4.69, 9.17) is 16.3 Å². The van der Waals surface area contributed by atoms with Gasteiger partial charge in [0.15, 0.2) is 0 Å². The van der Waals surface area contributed by atoms with Crippen LogP contribution in [0.1, 0.15) is 20.3 Å². The lowest BCUT2D eigenvalue weighted by Gasteiger charge is -2.18. The van der Waals surface area contributed by atoms with E-state index in [0.29, 0.717) is 37.2 Å². The van der Waals surface area contributed by atoms with Crippen LogP contribution < -0.4 is 10.1 Å². The van der Waals surface area contributed by atoms with Crippen LogP contribution in [0.25, 0.3) is 0 Å². The van der Waals surface area contributed by atoms with Gasteiger partial charge in [0.2, 0.25) is 5.91 Å². The van der Waals surface area contributed by atoms with E-state index in [9.17, 15) is 4.79 Å². The van der Waals surface area contributed by atoms with Gasteiger partial charge in [-0.15, -0.1) is 0 Å². The molecule has 0 radical (unpaired) electrons. The van der Waals surface area contributed by atoms with Gasteiger partial charge < -0.3 is 15.0 Å². The van der Waals surface area contributed by atoms with Gasteiger partial charge >= 0.3 is 0 Å². The molecule has 1 aromatic carbocycles. The number of halogens is 1. The SMILES string of the molecule is CC(C)NCCC(=O)N(C)CCOc1ccc(Cl)cc1. The quantitative estimate of drug-likeness (QED) is 0.802. The molecule has 1 rings (SSSR count). The van der Waals surface area contributed by atoms with Crippen LogP contribution in [0.2, 0.25) is 5.02 Å². The van der Waals surface area contributed by atoms with Crippen molar-refractivity contribution < 1.29 is 9.53 Å². The molecule has 4 nitrogen and oxygen atoms in total. The van der Waals surface area contributed by atoms with Crippen LogP contribution in [0.15, 0.2) is 24.3 Å². The number of hydrogen-bond donors (Lipinski definition) is 1. The van der Waals surface area contributed by atoms with Gasteiger partial charge in [0, 0.05) is 31.1 Å². The fourth-order valence-corrected chi connectivity index (χ4v) is 1.74. The summed E-state index contributed by atoms with van der Waals surface area (Å²) >= 11 is 5.79. The number of rotatable bonds is 8. The second-order valence-electron chi connectivity index (χ2n) is 4.98. The van der Waals surface area contributed by atoms with E-state index in [1.807, 2.05) is 12.1 Å². The lowest BCUT2D eigenvalue weighted by Crippen LogP contribution is -2.34. The van der Waals surface area contributed by atoms with E-state index >= 15 is 0 Å². The molecule has 0 unspecified atom stereocenters. The van der Waals surface area contributed by atoms with Crippen LogP contribution >= 0.6 is 11.6 Å².